The fourth-order valence-electron chi connectivity index (χ4n) is 0.718. The van der Waals surface area contributed by atoms with Crippen molar-refractivity contribution in [2.75, 3.05) is 6.61 Å². The van der Waals surface area contributed by atoms with E-state index in [1.54, 1.807) is 0 Å². The van der Waals surface area contributed by atoms with Crippen LogP contribution in [-0.4, -0.2) is 29.6 Å². The summed E-state index contributed by atoms with van der Waals surface area (Å²) >= 11 is 0. The van der Waals surface area contributed by atoms with Gasteiger partial charge in [-0.3, -0.25) is 0 Å². The van der Waals surface area contributed by atoms with E-state index < -0.39 is 17.9 Å². The Morgan fingerprint density at radius 1 is 1.39 bits per heavy atom. The van der Waals surface area contributed by atoms with Gasteiger partial charge in [-0.15, -0.1) is 0 Å². The van der Waals surface area contributed by atoms with Crippen LogP contribution in [0.1, 0.15) is 13.3 Å². The molecule has 0 aliphatic carbocycles. The number of carbonyl (C=O) groups excluding carboxylic acids is 3. The maximum atomic E-state index is 10.6. The Kier molecular flexibility index (Phi) is 7.59. The molecule has 0 saturated heterocycles. The number of aliphatic hydroxyl groups is 1. The van der Waals surface area contributed by atoms with Gasteiger partial charge in [-0.2, -0.15) is 0 Å². The van der Waals surface area contributed by atoms with Crippen LogP contribution >= 0.6 is 0 Å². The Bertz CT molecular complexity index is 375. The lowest BCUT2D eigenvalue weighted by molar-refractivity contribution is -0.150. The average Bonchev–Trinajstić information content (AvgIpc) is 2.68. The van der Waals surface area contributed by atoms with E-state index in [-0.39, 0.29) is 5.76 Å². The third kappa shape index (κ3) is 8.90. The number of hydrogen-bond donors (Lipinski definition) is 1. The fraction of sp³-hybridized carbons (Fsp3) is 0.250. The van der Waals surface area contributed by atoms with Gasteiger partial charge in [0.05, 0.1) is 6.61 Å². The maximum Gasteiger partial charge on any atom is 0.338 e. The zero-order valence-corrected chi connectivity index (χ0v) is 9.92. The van der Waals surface area contributed by atoms with E-state index in [1.165, 1.54) is 6.08 Å². The predicted molar refractivity (Wildman–Crippen MR) is 62.4 cm³/mol. The first-order valence-corrected chi connectivity index (χ1v) is 5.12. The van der Waals surface area contributed by atoms with Gasteiger partial charge in [-0.1, -0.05) is 13.5 Å². The smallest absolute Gasteiger partial charge is 0.338 e. The van der Waals surface area contributed by atoms with Crippen LogP contribution in [0.5, 0.6) is 0 Å². The molecule has 0 radical (unpaired) electrons. The number of cyclic esters (lactones) is 2. The number of allylic oxidation sites excluding steroid dienone is 1. The molecule has 0 saturated carbocycles. The molecule has 6 nitrogen and oxygen atoms in total. The van der Waals surface area contributed by atoms with Crippen LogP contribution in [0.4, 0.5) is 0 Å². The molecule has 0 spiro atoms. The van der Waals surface area contributed by atoms with Gasteiger partial charge in [0.1, 0.15) is 5.76 Å². The molecule has 0 unspecified atom stereocenters. The van der Waals surface area contributed by atoms with Gasteiger partial charge in [0, 0.05) is 18.2 Å². The lowest BCUT2D eigenvalue weighted by Gasteiger charge is -1.96. The molecular formula is C12H14O6. The summed E-state index contributed by atoms with van der Waals surface area (Å²) in [6, 6.07) is 0. The molecule has 0 aromatic carbocycles. The highest BCUT2D eigenvalue weighted by atomic mass is 16.6. The van der Waals surface area contributed by atoms with Gasteiger partial charge in [0.15, 0.2) is 0 Å². The van der Waals surface area contributed by atoms with Crippen LogP contribution in [0.3, 0.4) is 0 Å². The topological polar surface area (TPSA) is 89.9 Å². The molecule has 0 atom stereocenters. The largest absolute Gasteiger partial charge is 0.509 e. The minimum atomic E-state index is -0.579. The molecule has 0 aromatic rings. The Hall–Kier alpha value is -2.37. The van der Waals surface area contributed by atoms with Crippen molar-refractivity contribution in [3.63, 3.8) is 0 Å². The van der Waals surface area contributed by atoms with Crippen LogP contribution in [0.15, 0.2) is 36.6 Å². The van der Waals surface area contributed by atoms with Crippen LogP contribution < -0.4 is 0 Å². The Morgan fingerprint density at radius 2 is 1.94 bits per heavy atom. The van der Waals surface area contributed by atoms with Crippen molar-refractivity contribution in [2.45, 2.75) is 13.3 Å². The summed E-state index contributed by atoms with van der Waals surface area (Å²) in [4.78, 5) is 30.5. The summed E-state index contributed by atoms with van der Waals surface area (Å²) in [5.74, 6) is -1.77. The molecule has 1 N–H and O–H groups in total. The minimum absolute atomic E-state index is 0.154. The zero-order chi connectivity index (χ0) is 14.0. The third-order valence-corrected chi connectivity index (χ3v) is 1.42. The highest BCUT2D eigenvalue weighted by molar-refractivity contribution is 6.04. The van der Waals surface area contributed by atoms with Crippen molar-refractivity contribution in [3.8, 4) is 0 Å². The third-order valence-electron chi connectivity index (χ3n) is 1.42. The molecule has 1 aliphatic heterocycles. The van der Waals surface area contributed by atoms with Crippen molar-refractivity contribution in [3.05, 3.63) is 36.6 Å². The van der Waals surface area contributed by atoms with Gasteiger partial charge >= 0.3 is 17.9 Å². The predicted octanol–water partition coefficient (Wildman–Crippen LogP) is 1.19. The van der Waals surface area contributed by atoms with E-state index >= 15 is 0 Å². The highest BCUT2D eigenvalue weighted by Gasteiger charge is 2.10. The van der Waals surface area contributed by atoms with E-state index in [1.807, 2.05) is 6.92 Å². The van der Waals surface area contributed by atoms with Crippen molar-refractivity contribution >= 4 is 17.9 Å². The zero-order valence-electron chi connectivity index (χ0n) is 9.92. The summed E-state index contributed by atoms with van der Waals surface area (Å²) in [5.41, 5.74) is 0. The number of aliphatic hydroxyl groups excluding tert-OH is 1. The summed E-state index contributed by atoms with van der Waals surface area (Å²) in [6.45, 7) is 5.48. The number of hydrogen-bond acceptors (Lipinski definition) is 6. The van der Waals surface area contributed by atoms with Gasteiger partial charge in [-0.05, 0) is 12.5 Å². The Morgan fingerprint density at radius 3 is 2.28 bits per heavy atom. The van der Waals surface area contributed by atoms with Crippen molar-refractivity contribution in [1.29, 1.82) is 0 Å². The van der Waals surface area contributed by atoms with Crippen molar-refractivity contribution < 1.29 is 29.0 Å². The number of rotatable bonds is 4. The first-order chi connectivity index (χ1) is 8.45. The van der Waals surface area contributed by atoms with Crippen molar-refractivity contribution in [2.24, 2.45) is 0 Å². The first-order valence-electron chi connectivity index (χ1n) is 5.12. The number of esters is 3. The molecule has 1 aliphatic rings. The Labute approximate surface area is 104 Å². The summed E-state index contributed by atoms with van der Waals surface area (Å²) in [5, 5.41) is 8.54. The van der Waals surface area contributed by atoms with E-state index in [0.29, 0.717) is 6.61 Å². The molecule has 0 aromatic heterocycles. The molecular weight excluding hydrogens is 240 g/mol. The van der Waals surface area contributed by atoms with E-state index in [4.69, 9.17) is 5.11 Å². The lowest BCUT2D eigenvalue weighted by atomic mass is 10.4. The van der Waals surface area contributed by atoms with Gasteiger partial charge in [-0.25, -0.2) is 14.4 Å². The summed E-state index contributed by atoms with van der Waals surface area (Å²) < 4.78 is 8.64. The second-order valence-electron chi connectivity index (χ2n) is 3.07. The second-order valence-corrected chi connectivity index (χ2v) is 3.07. The highest BCUT2D eigenvalue weighted by Crippen LogP contribution is 1.92. The monoisotopic (exact) mass is 254 g/mol. The molecule has 0 fully saturated rings. The molecule has 98 valence electrons. The molecule has 1 heterocycles. The average molecular weight is 254 g/mol. The van der Waals surface area contributed by atoms with Gasteiger partial charge in [0.2, 0.25) is 0 Å². The van der Waals surface area contributed by atoms with E-state index in [9.17, 15) is 14.4 Å². The molecule has 1 rings (SSSR count). The Balaban J connectivity index is 0.000000351. The maximum absolute atomic E-state index is 10.6. The fourth-order valence-corrected chi connectivity index (χ4v) is 0.718. The molecule has 0 bridgehead atoms. The van der Waals surface area contributed by atoms with Crippen LogP contribution in [0, 0.1) is 0 Å². The van der Waals surface area contributed by atoms with Crippen molar-refractivity contribution in [1.82, 2.24) is 0 Å². The van der Waals surface area contributed by atoms with Gasteiger partial charge < -0.3 is 14.6 Å². The summed E-state index contributed by atoms with van der Waals surface area (Å²) in [7, 11) is 0. The molecule has 18 heavy (non-hydrogen) atoms. The lowest BCUT2D eigenvalue weighted by Crippen LogP contribution is -2.00. The van der Waals surface area contributed by atoms with E-state index in [2.05, 4.69) is 16.1 Å². The quantitative estimate of drug-likeness (QED) is 0.266. The van der Waals surface area contributed by atoms with Crippen LogP contribution in [-0.2, 0) is 23.9 Å². The molecule has 6 heteroatoms. The van der Waals surface area contributed by atoms with Crippen LogP contribution in [0.25, 0.3) is 0 Å². The second kappa shape index (κ2) is 8.74. The number of ether oxygens (including phenoxy) is 2. The first kappa shape index (κ1) is 15.6. The summed E-state index contributed by atoms with van der Waals surface area (Å²) in [6.07, 6.45) is 5.29. The standard InChI is InChI=1S/C8H12O3.C4H2O3/c1-3-6-11-8(10)5-4-7(2)9;5-3-1-2-4(6)7-3/h4-5,9H,2-3,6H2,1H3;1-2H/b5-4-;. The minimum Gasteiger partial charge on any atom is -0.509 e. The van der Waals surface area contributed by atoms with Crippen LogP contribution in [0.2, 0.25) is 0 Å². The van der Waals surface area contributed by atoms with E-state index in [0.717, 1.165) is 24.6 Å². The SMILES string of the molecule is C=C(O)/C=C\C(=O)OCCC.O=C1C=CC(=O)O1. The normalized spacial score (nSPS) is 12.9. The molecule has 0 amide bonds. The van der Waals surface area contributed by atoms with Gasteiger partial charge in [0.25, 0.3) is 0 Å². The number of carbonyl (C=O) groups is 3.